The third-order valence-electron chi connectivity index (χ3n) is 2.77. The lowest BCUT2D eigenvalue weighted by Crippen LogP contribution is -2.30. The summed E-state index contributed by atoms with van der Waals surface area (Å²) in [6, 6.07) is 3.51. The SMILES string of the molecule is CCOC(=O)Cn1nc(C(C)C)n2cccc2c1=O. The summed E-state index contributed by atoms with van der Waals surface area (Å²) >= 11 is 0. The summed E-state index contributed by atoms with van der Waals surface area (Å²) in [4.78, 5) is 23.7. The smallest absolute Gasteiger partial charge is 0.327 e. The molecule has 0 aromatic carbocycles. The molecule has 0 bridgehead atoms. The van der Waals surface area contributed by atoms with Crippen molar-refractivity contribution < 1.29 is 9.53 Å². The molecule has 6 heteroatoms. The number of hydrogen-bond donors (Lipinski definition) is 0. The lowest BCUT2D eigenvalue weighted by Gasteiger charge is -2.12. The van der Waals surface area contributed by atoms with Gasteiger partial charge in [0, 0.05) is 12.1 Å². The maximum Gasteiger partial charge on any atom is 0.327 e. The molecule has 0 saturated heterocycles. The first-order valence-electron chi connectivity index (χ1n) is 6.28. The van der Waals surface area contributed by atoms with Gasteiger partial charge in [0.05, 0.1) is 6.61 Å². The van der Waals surface area contributed by atoms with Crippen molar-refractivity contribution in [3.8, 4) is 0 Å². The molecule has 0 saturated carbocycles. The van der Waals surface area contributed by atoms with Gasteiger partial charge in [-0.2, -0.15) is 5.10 Å². The Bertz CT molecular complexity index is 655. The number of esters is 1. The van der Waals surface area contributed by atoms with E-state index in [2.05, 4.69) is 5.10 Å². The normalized spacial score (nSPS) is 11.2. The lowest BCUT2D eigenvalue weighted by atomic mass is 10.2. The molecule has 2 aromatic heterocycles. The van der Waals surface area contributed by atoms with Crippen LogP contribution in [0.15, 0.2) is 23.1 Å². The second kappa shape index (κ2) is 5.26. The maximum absolute atomic E-state index is 12.2. The van der Waals surface area contributed by atoms with Gasteiger partial charge in [0.25, 0.3) is 5.56 Å². The summed E-state index contributed by atoms with van der Waals surface area (Å²) in [5, 5.41) is 4.26. The molecule has 0 spiro atoms. The van der Waals surface area contributed by atoms with Crippen molar-refractivity contribution in [2.24, 2.45) is 0 Å². The van der Waals surface area contributed by atoms with Crippen LogP contribution in [0.1, 0.15) is 32.5 Å². The van der Waals surface area contributed by atoms with Crippen LogP contribution in [-0.4, -0.2) is 26.8 Å². The summed E-state index contributed by atoms with van der Waals surface area (Å²) in [5.74, 6) is 0.426. The van der Waals surface area contributed by atoms with E-state index in [1.54, 1.807) is 29.7 Å². The predicted molar refractivity (Wildman–Crippen MR) is 70.2 cm³/mol. The van der Waals surface area contributed by atoms with Gasteiger partial charge in [-0.1, -0.05) is 13.8 Å². The second-order valence-corrected chi connectivity index (χ2v) is 4.54. The highest BCUT2D eigenvalue weighted by Crippen LogP contribution is 2.12. The van der Waals surface area contributed by atoms with Gasteiger partial charge < -0.3 is 4.74 Å². The van der Waals surface area contributed by atoms with Gasteiger partial charge in [-0.15, -0.1) is 0 Å². The first kappa shape index (κ1) is 13.3. The predicted octanol–water partition coefficient (Wildman–Crippen LogP) is 1.18. The van der Waals surface area contributed by atoms with Crippen LogP contribution in [0, 0.1) is 0 Å². The number of nitrogens with zero attached hydrogens (tertiary/aromatic N) is 3. The number of carbonyl (C=O) groups excluding carboxylic acids is 1. The molecule has 2 rings (SSSR count). The van der Waals surface area contributed by atoms with Crippen molar-refractivity contribution in [3.05, 3.63) is 34.5 Å². The topological polar surface area (TPSA) is 65.6 Å². The number of hydrogen-bond acceptors (Lipinski definition) is 4. The molecule has 2 heterocycles. The standard InChI is InChI=1S/C13H17N3O3/c1-4-19-11(17)8-16-13(18)10-6-5-7-15(10)12(14-16)9(2)3/h5-7,9H,4,8H2,1-3H3. The van der Waals surface area contributed by atoms with Crippen molar-refractivity contribution in [2.75, 3.05) is 6.61 Å². The van der Waals surface area contributed by atoms with E-state index in [0.29, 0.717) is 5.52 Å². The number of carbonyl (C=O) groups is 1. The van der Waals surface area contributed by atoms with E-state index in [1.807, 2.05) is 13.8 Å². The molecule has 0 N–H and O–H groups in total. The van der Waals surface area contributed by atoms with Gasteiger partial charge in [0.2, 0.25) is 0 Å². The van der Waals surface area contributed by atoms with E-state index >= 15 is 0 Å². The number of fused-ring (bicyclic) bond motifs is 1. The average Bonchev–Trinajstić information content (AvgIpc) is 2.82. The third-order valence-corrected chi connectivity index (χ3v) is 2.77. The van der Waals surface area contributed by atoms with Crippen LogP contribution in [0.3, 0.4) is 0 Å². The fourth-order valence-corrected chi connectivity index (χ4v) is 1.93. The van der Waals surface area contributed by atoms with Crippen molar-refractivity contribution in [1.82, 2.24) is 14.2 Å². The van der Waals surface area contributed by atoms with E-state index in [1.165, 1.54) is 4.68 Å². The van der Waals surface area contributed by atoms with Crippen LogP contribution >= 0.6 is 0 Å². The van der Waals surface area contributed by atoms with Crippen LogP contribution < -0.4 is 5.56 Å². The van der Waals surface area contributed by atoms with Crippen LogP contribution in [0.2, 0.25) is 0 Å². The molecule has 0 radical (unpaired) electrons. The van der Waals surface area contributed by atoms with E-state index in [4.69, 9.17) is 4.74 Å². The summed E-state index contributed by atoms with van der Waals surface area (Å²) in [6.45, 7) is 5.83. The Hall–Kier alpha value is -2.11. The molecule has 19 heavy (non-hydrogen) atoms. The fourth-order valence-electron chi connectivity index (χ4n) is 1.93. The summed E-state index contributed by atoms with van der Waals surface area (Å²) in [7, 11) is 0. The number of aromatic nitrogens is 3. The highest BCUT2D eigenvalue weighted by molar-refractivity contribution is 5.69. The van der Waals surface area contributed by atoms with Gasteiger partial charge in [0.1, 0.15) is 17.9 Å². The second-order valence-electron chi connectivity index (χ2n) is 4.54. The highest BCUT2D eigenvalue weighted by Gasteiger charge is 2.14. The lowest BCUT2D eigenvalue weighted by molar-refractivity contribution is -0.144. The Kier molecular flexibility index (Phi) is 3.69. The molecule has 0 aliphatic carbocycles. The van der Waals surface area contributed by atoms with E-state index in [0.717, 1.165) is 5.82 Å². The van der Waals surface area contributed by atoms with E-state index in [9.17, 15) is 9.59 Å². The van der Waals surface area contributed by atoms with Crippen LogP contribution in [-0.2, 0) is 16.1 Å². The summed E-state index contributed by atoms with van der Waals surface area (Å²) in [6.07, 6.45) is 1.80. The molecule has 0 fully saturated rings. The van der Waals surface area contributed by atoms with Crippen molar-refractivity contribution in [2.45, 2.75) is 33.2 Å². The molecular weight excluding hydrogens is 246 g/mol. The molecule has 0 unspecified atom stereocenters. The minimum atomic E-state index is -0.456. The minimum absolute atomic E-state index is 0.143. The first-order chi connectivity index (χ1) is 9.04. The zero-order valence-corrected chi connectivity index (χ0v) is 11.3. The van der Waals surface area contributed by atoms with Crippen LogP contribution in [0.4, 0.5) is 0 Å². The molecule has 2 aromatic rings. The fraction of sp³-hybridized carbons (Fsp3) is 0.462. The molecule has 0 aliphatic rings. The molecule has 6 nitrogen and oxygen atoms in total. The van der Waals surface area contributed by atoms with Gasteiger partial charge in [0.15, 0.2) is 0 Å². The Morgan fingerprint density at radius 3 is 2.84 bits per heavy atom. The molecule has 0 amide bonds. The largest absolute Gasteiger partial charge is 0.465 e. The summed E-state index contributed by atoms with van der Waals surface area (Å²) < 4.78 is 7.78. The van der Waals surface area contributed by atoms with Crippen molar-refractivity contribution in [3.63, 3.8) is 0 Å². The average molecular weight is 263 g/mol. The Balaban J connectivity index is 2.52. The Morgan fingerprint density at radius 1 is 1.47 bits per heavy atom. The molecule has 0 atom stereocenters. The third kappa shape index (κ3) is 2.52. The quantitative estimate of drug-likeness (QED) is 0.777. The zero-order valence-electron chi connectivity index (χ0n) is 11.3. The van der Waals surface area contributed by atoms with Gasteiger partial charge >= 0.3 is 5.97 Å². The van der Waals surface area contributed by atoms with Gasteiger partial charge in [-0.3, -0.25) is 14.0 Å². The minimum Gasteiger partial charge on any atom is -0.465 e. The summed E-state index contributed by atoms with van der Waals surface area (Å²) in [5.41, 5.74) is 0.227. The monoisotopic (exact) mass is 263 g/mol. The van der Waals surface area contributed by atoms with Crippen molar-refractivity contribution >= 4 is 11.5 Å². The molecule has 102 valence electrons. The Morgan fingerprint density at radius 2 is 2.21 bits per heavy atom. The first-order valence-corrected chi connectivity index (χ1v) is 6.28. The van der Waals surface area contributed by atoms with Crippen LogP contribution in [0.25, 0.3) is 5.52 Å². The number of rotatable bonds is 4. The van der Waals surface area contributed by atoms with Crippen LogP contribution in [0.5, 0.6) is 0 Å². The van der Waals surface area contributed by atoms with Gasteiger partial charge in [-0.05, 0) is 19.1 Å². The van der Waals surface area contributed by atoms with Gasteiger partial charge in [-0.25, -0.2) is 4.68 Å². The Labute approximate surface area is 110 Å². The maximum atomic E-state index is 12.2. The molecular formula is C13H17N3O3. The zero-order chi connectivity index (χ0) is 14.0. The number of ether oxygens (including phenoxy) is 1. The highest BCUT2D eigenvalue weighted by atomic mass is 16.5. The van der Waals surface area contributed by atoms with Crippen molar-refractivity contribution in [1.29, 1.82) is 0 Å². The van der Waals surface area contributed by atoms with E-state index < -0.39 is 5.97 Å². The molecule has 0 aliphatic heterocycles. The van der Waals surface area contributed by atoms with E-state index in [-0.39, 0.29) is 24.6 Å².